The minimum absolute atomic E-state index is 0.0245. The van der Waals surface area contributed by atoms with Crippen LogP contribution in [-0.2, 0) is 0 Å². The van der Waals surface area contributed by atoms with Crippen LogP contribution < -0.4 is 4.74 Å². The molecule has 0 radical (unpaired) electrons. The molecule has 0 aliphatic heterocycles. The van der Waals surface area contributed by atoms with Gasteiger partial charge < -0.3 is 4.74 Å². The third kappa shape index (κ3) is 4.07. The van der Waals surface area contributed by atoms with Crippen molar-refractivity contribution in [1.29, 1.82) is 0 Å². The Morgan fingerprint density at radius 1 is 0.960 bits per heavy atom. The van der Waals surface area contributed by atoms with Crippen LogP contribution in [0.25, 0.3) is 0 Å². The van der Waals surface area contributed by atoms with Gasteiger partial charge in [0.05, 0.1) is 6.61 Å². The average Bonchev–Trinajstić information content (AvgIpc) is 2.66. The molecule has 0 unspecified atom stereocenters. The molecule has 3 rings (SSSR count). The fourth-order valence-corrected chi connectivity index (χ4v) is 4.88. The first kappa shape index (κ1) is 18.4. The normalized spacial score (nSPS) is 30.0. The second-order valence-electron chi connectivity index (χ2n) is 7.74. The quantitative estimate of drug-likeness (QED) is 0.543. The highest BCUT2D eigenvalue weighted by atomic mass is 19.2. The highest BCUT2D eigenvalue weighted by molar-refractivity contribution is 5.33. The monoisotopic (exact) mass is 348 g/mol. The van der Waals surface area contributed by atoms with Crippen molar-refractivity contribution in [1.82, 2.24) is 0 Å². The Morgan fingerprint density at radius 3 is 2.12 bits per heavy atom. The summed E-state index contributed by atoms with van der Waals surface area (Å²) in [5, 5.41) is 0. The van der Waals surface area contributed by atoms with E-state index in [2.05, 4.69) is 12.7 Å². The topological polar surface area (TPSA) is 9.23 Å². The van der Waals surface area contributed by atoms with Crippen molar-refractivity contribution in [3.05, 3.63) is 42.0 Å². The molecule has 2 saturated carbocycles. The van der Waals surface area contributed by atoms with Gasteiger partial charge in [0.15, 0.2) is 11.6 Å². The second-order valence-corrected chi connectivity index (χ2v) is 7.74. The molecule has 0 atom stereocenters. The van der Waals surface area contributed by atoms with E-state index >= 15 is 0 Å². The second kappa shape index (κ2) is 8.33. The van der Waals surface area contributed by atoms with Crippen LogP contribution in [0.15, 0.2) is 24.8 Å². The number of benzene rings is 1. The molecule has 2 fully saturated rings. The summed E-state index contributed by atoms with van der Waals surface area (Å²) in [5.74, 6) is 0.915. The predicted octanol–water partition coefficient (Wildman–Crippen LogP) is 6.63. The van der Waals surface area contributed by atoms with Gasteiger partial charge in [-0.25, -0.2) is 4.39 Å². The Bertz CT molecular complexity index is 582. The summed E-state index contributed by atoms with van der Waals surface area (Å²) in [7, 11) is 0. The Kier molecular flexibility index (Phi) is 6.14. The van der Waals surface area contributed by atoms with Gasteiger partial charge in [-0.1, -0.05) is 12.1 Å². The molecule has 2 aliphatic carbocycles. The van der Waals surface area contributed by atoms with Crippen LogP contribution >= 0.6 is 0 Å². The van der Waals surface area contributed by atoms with Gasteiger partial charge in [0, 0.05) is 0 Å². The van der Waals surface area contributed by atoms with Crippen molar-refractivity contribution in [3.63, 3.8) is 0 Å². The Hall–Kier alpha value is -1.38. The molecular formula is C22H30F2O. The first-order valence-electron chi connectivity index (χ1n) is 9.87. The van der Waals surface area contributed by atoms with E-state index in [1.54, 1.807) is 19.1 Å². The number of hydrogen-bond donors (Lipinski definition) is 0. The molecule has 0 spiro atoms. The van der Waals surface area contributed by atoms with E-state index in [0.717, 1.165) is 37.5 Å². The summed E-state index contributed by atoms with van der Waals surface area (Å²) in [6, 6.07) is 3.31. The standard InChI is InChI=1S/C22H30F2O/c1-3-15-5-7-16(8-6-15)17-9-11-18(12-10-17)19-13-14-20(25-4-2)22(24)21(19)23/h3,13-18H,1,4-12H2,2H3. The van der Waals surface area contributed by atoms with Crippen molar-refractivity contribution < 1.29 is 13.5 Å². The number of halogens is 2. The molecule has 0 N–H and O–H groups in total. The predicted molar refractivity (Wildman–Crippen MR) is 97.9 cm³/mol. The van der Waals surface area contributed by atoms with Gasteiger partial charge in [0.25, 0.3) is 0 Å². The van der Waals surface area contributed by atoms with Crippen LogP contribution in [0.4, 0.5) is 8.78 Å². The smallest absolute Gasteiger partial charge is 0.200 e. The van der Waals surface area contributed by atoms with Crippen molar-refractivity contribution in [2.45, 2.75) is 64.2 Å². The molecule has 138 valence electrons. The molecule has 0 bridgehead atoms. The van der Waals surface area contributed by atoms with Gasteiger partial charge in [0.2, 0.25) is 5.82 Å². The van der Waals surface area contributed by atoms with E-state index in [9.17, 15) is 8.78 Å². The van der Waals surface area contributed by atoms with Crippen LogP contribution in [0, 0.1) is 29.4 Å². The molecule has 0 aromatic heterocycles. The van der Waals surface area contributed by atoms with E-state index in [1.807, 2.05) is 0 Å². The summed E-state index contributed by atoms with van der Waals surface area (Å²) < 4.78 is 33.7. The minimum Gasteiger partial charge on any atom is -0.491 e. The highest BCUT2D eigenvalue weighted by Gasteiger charge is 2.32. The maximum atomic E-state index is 14.4. The number of allylic oxidation sites excluding steroid dienone is 1. The lowest BCUT2D eigenvalue weighted by Crippen LogP contribution is -2.25. The molecule has 0 amide bonds. The largest absolute Gasteiger partial charge is 0.491 e. The lowest BCUT2D eigenvalue weighted by molar-refractivity contribution is 0.170. The minimum atomic E-state index is -0.829. The maximum absolute atomic E-state index is 14.4. The third-order valence-electron chi connectivity index (χ3n) is 6.40. The zero-order valence-corrected chi connectivity index (χ0v) is 15.3. The summed E-state index contributed by atoms with van der Waals surface area (Å²) >= 11 is 0. The summed E-state index contributed by atoms with van der Waals surface area (Å²) in [6.45, 7) is 6.04. The lowest BCUT2D eigenvalue weighted by Gasteiger charge is -2.37. The Labute approximate surface area is 150 Å². The van der Waals surface area contributed by atoms with E-state index in [1.165, 1.54) is 25.7 Å². The van der Waals surface area contributed by atoms with Crippen molar-refractivity contribution in [2.75, 3.05) is 6.61 Å². The van der Waals surface area contributed by atoms with Crippen molar-refractivity contribution >= 4 is 0 Å². The van der Waals surface area contributed by atoms with Gasteiger partial charge >= 0.3 is 0 Å². The first-order valence-corrected chi connectivity index (χ1v) is 9.87. The number of hydrogen-bond acceptors (Lipinski definition) is 1. The van der Waals surface area contributed by atoms with Gasteiger partial charge in [-0.05, 0) is 93.6 Å². The fraction of sp³-hybridized carbons (Fsp3) is 0.636. The van der Waals surface area contributed by atoms with E-state index < -0.39 is 11.6 Å². The van der Waals surface area contributed by atoms with Crippen LogP contribution in [0.3, 0.4) is 0 Å². The van der Waals surface area contributed by atoms with Crippen LogP contribution in [0.1, 0.15) is 69.8 Å². The molecule has 1 aromatic rings. The molecule has 2 aliphatic rings. The average molecular weight is 348 g/mol. The van der Waals surface area contributed by atoms with E-state index in [0.29, 0.717) is 18.1 Å². The van der Waals surface area contributed by atoms with Gasteiger partial charge in [-0.2, -0.15) is 4.39 Å². The van der Waals surface area contributed by atoms with Crippen molar-refractivity contribution in [2.24, 2.45) is 17.8 Å². The summed E-state index contributed by atoms with van der Waals surface area (Å²) in [6.07, 6.45) is 11.5. The summed E-state index contributed by atoms with van der Waals surface area (Å²) in [5.41, 5.74) is 0.537. The van der Waals surface area contributed by atoms with Gasteiger partial charge in [-0.3, -0.25) is 0 Å². The molecule has 25 heavy (non-hydrogen) atoms. The molecule has 0 heterocycles. The third-order valence-corrected chi connectivity index (χ3v) is 6.40. The zero-order chi connectivity index (χ0) is 17.8. The number of ether oxygens (including phenoxy) is 1. The number of rotatable bonds is 5. The maximum Gasteiger partial charge on any atom is 0.200 e. The lowest BCUT2D eigenvalue weighted by atomic mass is 9.68. The van der Waals surface area contributed by atoms with Gasteiger partial charge in [0.1, 0.15) is 0 Å². The van der Waals surface area contributed by atoms with Crippen LogP contribution in [-0.4, -0.2) is 6.61 Å². The van der Waals surface area contributed by atoms with Crippen LogP contribution in [0.5, 0.6) is 5.75 Å². The highest BCUT2D eigenvalue weighted by Crippen LogP contribution is 2.44. The van der Waals surface area contributed by atoms with Gasteiger partial charge in [-0.15, -0.1) is 6.58 Å². The van der Waals surface area contributed by atoms with E-state index in [-0.39, 0.29) is 11.7 Å². The fourth-order valence-electron chi connectivity index (χ4n) is 4.88. The zero-order valence-electron chi connectivity index (χ0n) is 15.3. The molecule has 3 heteroatoms. The Balaban J connectivity index is 1.59. The first-order chi connectivity index (χ1) is 12.1. The van der Waals surface area contributed by atoms with E-state index in [4.69, 9.17) is 4.74 Å². The molecule has 0 saturated heterocycles. The van der Waals surface area contributed by atoms with Crippen LogP contribution in [0.2, 0.25) is 0 Å². The molecular weight excluding hydrogens is 318 g/mol. The molecule has 1 aromatic carbocycles. The SMILES string of the molecule is C=CC1CCC(C2CCC(c3ccc(OCC)c(F)c3F)CC2)CC1. The molecule has 1 nitrogen and oxygen atoms in total. The van der Waals surface area contributed by atoms with Crippen molar-refractivity contribution in [3.8, 4) is 5.75 Å². The Morgan fingerprint density at radius 2 is 1.56 bits per heavy atom. The summed E-state index contributed by atoms with van der Waals surface area (Å²) in [4.78, 5) is 0.